The molecule has 1 aromatic carbocycles. The predicted molar refractivity (Wildman–Crippen MR) is 62.1 cm³/mol. The second kappa shape index (κ2) is 3.80. The van der Waals surface area contributed by atoms with E-state index in [1.165, 1.54) is 10.5 Å². The molecule has 1 amide bonds. The van der Waals surface area contributed by atoms with E-state index in [-0.39, 0.29) is 0 Å². The third-order valence-electron chi connectivity index (χ3n) is 3.36. The van der Waals surface area contributed by atoms with Gasteiger partial charge < -0.3 is 9.84 Å². The summed E-state index contributed by atoms with van der Waals surface area (Å²) in [5.74, 6) is 1.24. The fourth-order valence-corrected chi connectivity index (χ4v) is 2.51. The molecule has 2 heterocycles. The summed E-state index contributed by atoms with van der Waals surface area (Å²) in [5.41, 5.74) is 2.23. The molecule has 1 N–H and O–H groups in total. The Bertz CT molecular complexity index is 495. The van der Waals surface area contributed by atoms with E-state index in [1.54, 1.807) is 6.20 Å². The van der Waals surface area contributed by atoms with Gasteiger partial charge in [-0.1, -0.05) is 18.2 Å². The lowest BCUT2D eigenvalue weighted by atomic mass is 9.85. The highest BCUT2D eigenvalue weighted by Crippen LogP contribution is 2.40. The zero-order valence-electron chi connectivity index (χ0n) is 9.30. The molecule has 0 saturated carbocycles. The van der Waals surface area contributed by atoms with Crippen LogP contribution in [0.15, 0.2) is 36.0 Å². The molecular formula is C13H13NO3. The van der Waals surface area contributed by atoms with Gasteiger partial charge >= 0.3 is 6.09 Å². The van der Waals surface area contributed by atoms with Crippen molar-refractivity contribution >= 4 is 6.09 Å². The minimum absolute atomic E-state index is 0.315. The normalized spacial score (nSPS) is 22.0. The van der Waals surface area contributed by atoms with Crippen molar-refractivity contribution in [1.82, 2.24) is 4.90 Å². The summed E-state index contributed by atoms with van der Waals surface area (Å²) in [6, 6.07) is 7.98. The lowest BCUT2D eigenvalue weighted by molar-refractivity contribution is 0.157. The van der Waals surface area contributed by atoms with Gasteiger partial charge in [0.2, 0.25) is 0 Å². The van der Waals surface area contributed by atoms with Crippen LogP contribution >= 0.6 is 0 Å². The standard InChI is InChI=1S/C13H13NO3/c15-13(16)14-6-5-10-9(7-14)8-17-12-4-2-1-3-11(10)12/h1-4,7,10H,5-6,8H2,(H,15,16). The van der Waals surface area contributed by atoms with E-state index in [1.807, 2.05) is 18.2 Å². The zero-order valence-corrected chi connectivity index (χ0v) is 9.30. The molecule has 4 nitrogen and oxygen atoms in total. The van der Waals surface area contributed by atoms with Crippen molar-refractivity contribution in [2.45, 2.75) is 12.3 Å². The summed E-state index contributed by atoms with van der Waals surface area (Å²) in [6.45, 7) is 1.04. The maximum absolute atomic E-state index is 10.9. The smallest absolute Gasteiger partial charge is 0.411 e. The van der Waals surface area contributed by atoms with Crippen LogP contribution in [0, 0.1) is 0 Å². The van der Waals surface area contributed by atoms with Crippen molar-refractivity contribution in [2.24, 2.45) is 0 Å². The number of hydrogen-bond acceptors (Lipinski definition) is 2. The van der Waals surface area contributed by atoms with Crippen LogP contribution in [0.25, 0.3) is 0 Å². The van der Waals surface area contributed by atoms with Crippen LogP contribution in [0.5, 0.6) is 5.75 Å². The second-order valence-corrected chi connectivity index (χ2v) is 4.35. The molecule has 0 bridgehead atoms. The van der Waals surface area contributed by atoms with Gasteiger partial charge in [0.15, 0.2) is 0 Å². The Kier molecular flexibility index (Phi) is 2.28. The number of hydrogen-bond donors (Lipinski definition) is 1. The summed E-state index contributed by atoms with van der Waals surface area (Å²) in [5, 5.41) is 8.96. The van der Waals surface area contributed by atoms with Gasteiger partial charge in [0.25, 0.3) is 0 Å². The largest absolute Gasteiger partial charge is 0.489 e. The molecule has 3 rings (SSSR count). The van der Waals surface area contributed by atoms with Crippen molar-refractivity contribution in [3.63, 3.8) is 0 Å². The van der Waals surface area contributed by atoms with E-state index in [0.29, 0.717) is 19.1 Å². The summed E-state index contributed by atoms with van der Waals surface area (Å²) >= 11 is 0. The van der Waals surface area contributed by atoms with Crippen molar-refractivity contribution in [1.29, 1.82) is 0 Å². The number of carboxylic acid groups (broad SMARTS) is 1. The fourth-order valence-electron chi connectivity index (χ4n) is 2.51. The average molecular weight is 231 g/mol. The first-order valence-electron chi connectivity index (χ1n) is 5.67. The number of ether oxygens (including phenoxy) is 1. The highest BCUT2D eigenvalue weighted by Gasteiger charge is 2.30. The quantitative estimate of drug-likeness (QED) is 0.746. The Labute approximate surface area is 99.1 Å². The highest BCUT2D eigenvalue weighted by atomic mass is 16.5. The second-order valence-electron chi connectivity index (χ2n) is 4.35. The van der Waals surface area contributed by atoms with Crippen molar-refractivity contribution in [3.8, 4) is 5.75 Å². The predicted octanol–water partition coefficient (Wildman–Crippen LogP) is 2.43. The maximum atomic E-state index is 10.9. The number of para-hydroxylation sites is 1. The lowest BCUT2D eigenvalue weighted by Crippen LogP contribution is -2.33. The van der Waals surface area contributed by atoms with E-state index >= 15 is 0 Å². The van der Waals surface area contributed by atoms with Gasteiger partial charge in [0, 0.05) is 24.2 Å². The molecule has 4 heteroatoms. The van der Waals surface area contributed by atoms with Crippen LogP contribution in [0.2, 0.25) is 0 Å². The van der Waals surface area contributed by atoms with E-state index in [0.717, 1.165) is 17.7 Å². The summed E-state index contributed by atoms with van der Waals surface area (Å²) < 4.78 is 5.63. The van der Waals surface area contributed by atoms with Crippen molar-refractivity contribution < 1.29 is 14.6 Å². The SMILES string of the molecule is O=C(O)N1C=C2COc3ccccc3C2CC1. The van der Waals surface area contributed by atoms with Gasteiger partial charge in [0.1, 0.15) is 12.4 Å². The van der Waals surface area contributed by atoms with Crippen LogP contribution in [0.3, 0.4) is 0 Å². The molecule has 0 radical (unpaired) electrons. The fraction of sp³-hybridized carbons (Fsp3) is 0.308. The molecule has 2 aliphatic rings. The van der Waals surface area contributed by atoms with E-state index in [2.05, 4.69) is 6.07 Å². The molecular weight excluding hydrogens is 218 g/mol. The van der Waals surface area contributed by atoms with Gasteiger partial charge in [-0.3, -0.25) is 4.90 Å². The zero-order chi connectivity index (χ0) is 11.8. The molecule has 2 aliphatic heterocycles. The lowest BCUT2D eigenvalue weighted by Gasteiger charge is -2.34. The van der Waals surface area contributed by atoms with Gasteiger partial charge in [-0.25, -0.2) is 4.79 Å². The first-order chi connectivity index (χ1) is 8.25. The molecule has 1 aromatic rings. The minimum Gasteiger partial charge on any atom is -0.489 e. The van der Waals surface area contributed by atoms with E-state index in [4.69, 9.17) is 9.84 Å². The third kappa shape index (κ3) is 1.65. The summed E-state index contributed by atoms with van der Waals surface area (Å²) in [4.78, 5) is 12.3. The summed E-state index contributed by atoms with van der Waals surface area (Å²) in [7, 11) is 0. The molecule has 0 aliphatic carbocycles. The van der Waals surface area contributed by atoms with Crippen molar-refractivity contribution in [3.05, 3.63) is 41.6 Å². The topological polar surface area (TPSA) is 49.8 Å². The monoisotopic (exact) mass is 231 g/mol. The molecule has 1 unspecified atom stereocenters. The van der Waals surface area contributed by atoms with E-state index in [9.17, 15) is 4.79 Å². The van der Waals surface area contributed by atoms with Gasteiger partial charge in [-0.2, -0.15) is 0 Å². The summed E-state index contributed by atoms with van der Waals surface area (Å²) in [6.07, 6.45) is 1.65. The number of rotatable bonds is 0. The first kappa shape index (κ1) is 10.2. The number of fused-ring (bicyclic) bond motifs is 3. The minimum atomic E-state index is -0.894. The van der Waals surface area contributed by atoms with Gasteiger partial charge in [-0.15, -0.1) is 0 Å². The Morgan fingerprint density at radius 1 is 1.41 bits per heavy atom. The average Bonchev–Trinajstić information content (AvgIpc) is 2.38. The molecule has 88 valence electrons. The van der Waals surface area contributed by atoms with Gasteiger partial charge in [0.05, 0.1) is 0 Å². The molecule has 0 fully saturated rings. The van der Waals surface area contributed by atoms with Crippen LogP contribution in [-0.4, -0.2) is 29.3 Å². The Morgan fingerprint density at radius 2 is 2.24 bits per heavy atom. The number of amides is 1. The Morgan fingerprint density at radius 3 is 3.06 bits per heavy atom. The molecule has 17 heavy (non-hydrogen) atoms. The van der Waals surface area contributed by atoms with E-state index < -0.39 is 6.09 Å². The van der Waals surface area contributed by atoms with Crippen LogP contribution in [0.1, 0.15) is 17.9 Å². The van der Waals surface area contributed by atoms with Crippen LogP contribution in [0.4, 0.5) is 4.79 Å². The first-order valence-corrected chi connectivity index (χ1v) is 5.67. The Balaban J connectivity index is 1.97. The Hall–Kier alpha value is -1.97. The van der Waals surface area contributed by atoms with Gasteiger partial charge in [-0.05, 0) is 18.1 Å². The molecule has 0 aromatic heterocycles. The molecule has 0 spiro atoms. The van der Waals surface area contributed by atoms with Crippen LogP contribution in [-0.2, 0) is 0 Å². The molecule has 0 saturated heterocycles. The number of benzene rings is 1. The highest BCUT2D eigenvalue weighted by molar-refractivity contribution is 5.67. The number of nitrogens with zero attached hydrogens (tertiary/aromatic N) is 1. The number of carbonyl (C=O) groups is 1. The van der Waals surface area contributed by atoms with Crippen molar-refractivity contribution in [2.75, 3.05) is 13.2 Å². The maximum Gasteiger partial charge on any atom is 0.411 e. The molecule has 1 atom stereocenters. The van der Waals surface area contributed by atoms with Crippen LogP contribution < -0.4 is 4.74 Å². The third-order valence-corrected chi connectivity index (χ3v) is 3.36.